The minimum atomic E-state index is -0.263. The van der Waals surface area contributed by atoms with Gasteiger partial charge in [-0.05, 0) is 118 Å². The van der Waals surface area contributed by atoms with Crippen LogP contribution in [0.3, 0.4) is 0 Å². The van der Waals surface area contributed by atoms with Crippen LogP contribution in [0, 0.1) is 5.92 Å². The van der Waals surface area contributed by atoms with Crippen molar-refractivity contribution in [2.75, 3.05) is 20.1 Å². The van der Waals surface area contributed by atoms with E-state index in [1.165, 1.54) is 5.56 Å². The van der Waals surface area contributed by atoms with Crippen LogP contribution in [0.15, 0.2) is 51.2 Å². The first-order chi connectivity index (χ1) is 20.4. The first-order valence-corrected chi connectivity index (χ1v) is 15.6. The van der Waals surface area contributed by atoms with Crippen LogP contribution in [0.5, 0.6) is 0 Å². The predicted octanol–water partition coefficient (Wildman–Crippen LogP) is 5.59. The van der Waals surface area contributed by atoms with Crippen molar-refractivity contribution < 1.29 is 9.59 Å². The normalized spacial score (nSPS) is 16.5. The maximum Gasteiger partial charge on any atom is 0.276 e. The Morgan fingerprint density at radius 3 is 2.33 bits per heavy atom. The fourth-order valence-electron chi connectivity index (χ4n) is 6.06. The van der Waals surface area contributed by atoms with Crippen molar-refractivity contribution in [3.05, 3.63) is 70.0 Å². The van der Waals surface area contributed by atoms with Crippen LogP contribution in [-0.4, -0.2) is 48.1 Å². The molecule has 2 aliphatic rings. The van der Waals surface area contributed by atoms with Gasteiger partial charge in [0.05, 0.1) is 11.0 Å². The molecule has 2 aliphatic carbocycles. The minimum absolute atomic E-state index is 0.0971. The second-order valence-electron chi connectivity index (χ2n) is 11.2. The topological polar surface area (TPSA) is 96.3 Å². The van der Waals surface area contributed by atoms with Gasteiger partial charge in [-0.15, -0.1) is 25.3 Å². The van der Waals surface area contributed by atoms with Crippen LogP contribution in [0.2, 0.25) is 0 Å². The van der Waals surface area contributed by atoms with Crippen molar-refractivity contribution in [3.63, 3.8) is 0 Å². The first-order valence-electron chi connectivity index (χ1n) is 14.7. The summed E-state index contributed by atoms with van der Waals surface area (Å²) in [4.78, 5) is 41.7. The summed E-state index contributed by atoms with van der Waals surface area (Å²) >= 11 is 9.72. The highest BCUT2D eigenvalue weighted by atomic mass is 32.1. The molecule has 0 spiro atoms. The minimum Gasteiger partial charge on any atom is -0.352 e. The third kappa shape index (κ3) is 5.82. The number of thiol groups is 2. The lowest BCUT2D eigenvalue weighted by Crippen LogP contribution is -2.26. The fourth-order valence-corrected chi connectivity index (χ4v) is 6.88. The molecule has 2 aromatic heterocycles. The smallest absolute Gasteiger partial charge is 0.276 e. The van der Waals surface area contributed by atoms with E-state index in [9.17, 15) is 9.59 Å². The quantitative estimate of drug-likeness (QED) is 0.127. The van der Waals surface area contributed by atoms with Gasteiger partial charge in [0.15, 0.2) is 0 Å². The molecule has 2 heterocycles. The molecule has 0 saturated heterocycles. The Kier molecular flexibility index (Phi) is 8.60. The van der Waals surface area contributed by atoms with E-state index in [0.29, 0.717) is 24.1 Å². The highest BCUT2D eigenvalue weighted by Gasteiger charge is 2.23. The van der Waals surface area contributed by atoms with Gasteiger partial charge in [-0.2, -0.15) is 0 Å². The highest BCUT2D eigenvalue weighted by Crippen LogP contribution is 2.35. The van der Waals surface area contributed by atoms with Gasteiger partial charge in [0.2, 0.25) is 0 Å². The second kappa shape index (κ2) is 12.5. The number of benzene rings is 2. The molecular weight excluding hydrogens is 563 g/mol. The summed E-state index contributed by atoms with van der Waals surface area (Å²) < 4.78 is 0. The van der Waals surface area contributed by atoms with Crippen molar-refractivity contribution in [2.24, 2.45) is 10.9 Å². The number of hydrogen-bond donors (Lipinski definition) is 4. The maximum absolute atomic E-state index is 13.1. The molecule has 6 rings (SSSR count). The van der Waals surface area contributed by atoms with Gasteiger partial charge >= 0.3 is 0 Å². The van der Waals surface area contributed by atoms with Crippen LogP contribution in [0.25, 0.3) is 21.8 Å². The lowest BCUT2D eigenvalue weighted by molar-refractivity contribution is 0.0952. The first kappa shape index (κ1) is 28.8. The molecule has 1 atom stereocenters. The molecule has 0 bridgehead atoms. The Hall–Kier alpha value is -3.27. The largest absolute Gasteiger partial charge is 0.352 e. The van der Waals surface area contributed by atoms with E-state index in [1.807, 2.05) is 43.4 Å². The number of aliphatic imine (C=N–C) groups is 1. The van der Waals surface area contributed by atoms with Gasteiger partial charge in [-0.3, -0.25) is 19.6 Å². The summed E-state index contributed by atoms with van der Waals surface area (Å²) in [5.41, 5.74) is 7.30. The van der Waals surface area contributed by atoms with E-state index >= 15 is 0 Å². The van der Waals surface area contributed by atoms with Crippen molar-refractivity contribution >= 4 is 65.1 Å². The van der Waals surface area contributed by atoms with Crippen molar-refractivity contribution in [3.8, 4) is 0 Å². The number of aromatic nitrogens is 2. The summed E-state index contributed by atoms with van der Waals surface area (Å²) in [6.07, 6.45) is 9.27. The summed E-state index contributed by atoms with van der Waals surface area (Å²) in [6.45, 7) is 1.46. The molecule has 0 saturated carbocycles. The van der Waals surface area contributed by atoms with Gasteiger partial charge in [0, 0.05) is 55.8 Å². The number of pyridine rings is 2. The number of nitrogens with zero attached hydrogens (tertiary/aromatic N) is 3. The van der Waals surface area contributed by atoms with Gasteiger partial charge in [-0.25, -0.2) is 4.99 Å². The van der Waals surface area contributed by atoms with Crippen LogP contribution < -0.4 is 10.6 Å². The van der Waals surface area contributed by atoms with Crippen molar-refractivity contribution in [1.82, 2.24) is 20.6 Å². The molecule has 2 N–H and O–H groups in total. The van der Waals surface area contributed by atoms with Crippen molar-refractivity contribution in [2.45, 2.75) is 61.2 Å². The summed E-state index contributed by atoms with van der Waals surface area (Å²) in [7, 11) is 1.90. The molecule has 7 nitrogen and oxygen atoms in total. The predicted molar refractivity (Wildman–Crippen MR) is 174 cm³/mol. The highest BCUT2D eigenvalue weighted by molar-refractivity contribution is 7.80. The van der Waals surface area contributed by atoms with Crippen LogP contribution in [-0.2, 0) is 25.7 Å². The zero-order valence-corrected chi connectivity index (χ0v) is 25.5. The molecule has 4 aromatic rings. The molecule has 1 unspecified atom stereocenters. The molecule has 216 valence electrons. The van der Waals surface area contributed by atoms with E-state index in [0.717, 1.165) is 100 Å². The number of fused-ring (bicyclic) bond motifs is 4. The zero-order chi connectivity index (χ0) is 29.2. The molecule has 0 aliphatic heterocycles. The Morgan fingerprint density at radius 1 is 0.905 bits per heavy atom. The summed E-state index contributed by atoms with van der Waals surface area (Å²) in [5.74, 6) is -0.266. The average molecular weight is 598 g/mol. The molecule has 0 radical (unpaired) electrons. The third-order valence-corrected chi connectivity index (χ3v) is 9.41. The number of nitrogens with one attached hydrogen (secondary N) is 2. The van der Waals surface area contributed by atoms with Gasteiger partial charge < -0.3 is 10.6 Å². The van der Waals surface area contributed by atoms with Gasteiger partial charge in [0.1, 0.15) is 0 Å². The SMILES string of the molecule is CNCCCNC(=O)c1ccc2nc3c(c(S)c2c1)CC(/C=N/C(=O)c1ccc2nc4c(c(S)c2c1)CCCC4)CC3. The number of rotatable bonds is 7. The monoisotopic (exact) mass is 597 g/mol. The molecule has 2 amide bonds. The molecule has 9 heteroatoms. The van der Waals surface area contributed by atoms with Gasteiger partial charge in [-0.1, -0.05) is 0 Å². The lowest BCUT2D eigenvalue weighted by atomic mass is 9.86. The molecule has 0 fully saturated rings. The Bertz CT molecular complexity index is 1740. The van der Waals surface area contributed by atoms with E-state index in [-0.39, 0.29) is 17.7 Å². The Labute approximate surface area is 256 Å². The van der Waals surface area contributed by atoms with Crippen LogP contribution in [0.1, 0.15) is 68.9 Å². The van der Waals surface area contributed by atoms with Crippen molar-refractivity contribution in [1.29, 1.82) is 0 Å². The number of amides is 2. The maximum atomic E-state index is 13.1. The van der Waals surface area contributed by atoms with Crippen LogP contribution in [0.4, 0.5) is 0 Å². The number of hydrogen-bond acceptors (Lipinski definition) is 7. The summed E-state index contributed by atoms with van der Waals surface area (Å²) in [6, 6.07) is 11.2. The van der Waals surface area contributed by atoms with Crippen LogP contribution >= 0.6 is 25.3 Å². The molecule has 2 aromatic carbocycles. The Morgan fingerprint density at radius 2 is 1.57 bits per heavy atom. The number of carbonyl (C=O) groups excluding carboxylic acids is 2. The fraction of sp³-hybridized carbons (Fsp3) is 0.364. The average Bonchev–Trinajstić information content (AvgIpc) is 3.02. The third-order valence-electron chi connectivity index (χ3n) is 8.39. The number of aryl methyl sites for hydroxylation is 2. The molecule has 42 heavy (non-hydrogen) atoms. The van der Waals surface area contributed by atoms with Gasteiger partial charge in [0.25, 0.3) is 11.8 Å². The standard InChI is InChI=1S/C33H35N5O2S2/c1-34-13-4-14-35-32(39)20-8-11-29-25(16-20)31(42)23-15-19(7-10-27(23)38-29)18-36-33(40)21-9-12-28-24(17-21)30(41)22-5-2-3-6-26(22)37-28/h8-9,11-12,16-19,34H,2-7,10,13-15H2,1H3,(H,35,39)(H,37,41)(H,38,42)/b36-18+. The van der Waals surface area contributed by atoms with E-state index in [1.54, 1.807) is 6.21 Å². The van der Waals surface area contributed by atoms with E-state index in [2.05, 4.69) is 15.6 Å². The second-order valence-corrected chi connectivity index (χ2v) is 12.1. The zero-order valence-electron chi connectivity index (χ0n) is 23.7. The van der Waals surface area contributed by atoms with E-state index < -0.39 is 0 Å². The number of carbonyl (C=O) groups is 2. The molecular formula is C33H35N5O2S2. The van der Waals surface area contributed by atoms with E-state index in [4.69, 9.17) is 35.2 Å². The lowest BCUT2D eigenvalue weighted by Gasteiger charge is -2.23. The summed E-state index contributed by atoms with van der Waals surface area (Å²) in [5, 5.41) is 7.83. The Balaban J connectivity index is 1.19.